The number of hydrogen-bond donors (Lipinski definition) is 1. The van der Waals surface area contributed by atoms with Gasteiger partial charge in [-0.1, -0.05) is 0 Å². The fourth-order valence-electron chi connectivity index (χ4n) is 0.982. The van der Waals surface area contributed by atoms with Crippen molar-refractivity contribution in [2.24, 2.45) is 0 Å². The van der Waals surface area contributed by atoms with Crippen molar-refractivity contribution in [2.45, 2.75) is 19.9 Å². The van der Waals surface area contributed by atoms with E-state index < -0.39 is 11.9 Å². The van der Waals surface area contributed by atoms with Crippen molar-refractivity contribution < 1.29 is 14.3 Å². The zero-order chi connectivity index (χ0) is 11.4. The van der Waals surface area contributed by atoms with Crippen LogP contribution in [0.3, 0.4) is 0 Å². The molecule has 0 aliphatic heterocycles. The Balaban J connectivity index is 2.60. The highest BCUT2D eigenvalue weighted by Gasteiger charge is 2.18. The van der Waals surface area contributed by atoms with Gasteiger partial charge in [0.05, 0.1) is 13.2 Å². The molecule has 0 aliphatic rings. The average molecular weight is 228 g/mol. The van der Waals surface area contributed by atoms with Crippen LogP contribution in [0.15, 0.2) is 6.20 Å². The predicted molar refractivity (Wildman–Crippen MR) is 55.4 cm³/mol. The summed E-state index contributed by atoms with van der Waals surface area (Å²) in [5.74, 6) is -1.65. The Morgan fingerprint density at radius 2 is 2.27 bits per heavy atom. The molecule has 1 rings (SSSR count). The number of aryl methyl sites for hydroxylation is 1. The molecule has 0 saturated carbocycles. The van der Waals surface area contributed by atoms with Gasteiger partial charge in [0.15, 0.2) is 0 Å². The molecule has 0 aliphatic carbocycles. The van der Waals surface area contributed by atoms with Crippen LogP contribution in [0.2, 0.25) is 0 Å². The number of methoxy groups -OCH3 is 1. The Morgan fingerprint density at radius 1 is 1.60 bits per heavy atom. The number of esters is 1. The van der Waals surface area contributed by atoms with Gasteiger partial charge >= 0.3 is 11.9 Å². The van der Waals surface area contributed by atoms with E-state index in [0.29, 0.717) is 0 Å². The van der Waals surface area contributed by atoms with E-state index in [9.17, 15) is 9.59 Å². The number of amides is 1. The second-order valence-electron chi connectivity index (χ2n) is 3.00. The largest absolute Gasteiger partial charge is 0.462 e. The molecule has 0 aromatic carbocycles. The summed E-state index contributed by atoms with van der Waals surface area (Å²) in [4.78, 5) is 27.2. The first-order valence-electron chi connectivity index (χ1n) is 4.35. The lowest BCUT2D eigenvalue weighted by atomic mass is 10.3. The van der Waals surface area contributed by atoms with Crippen LogP contribution in [0.5, 0.6) is 0 Å². The zero-order valence-corrected chi connectivity index (χ0v) is 9.55. The molecule has 0 saturated heterocycles. The minimum atomic E-state index is -0.893. The molecular weight excluding hydrogens is 216 g/mol. The lowest BCUT2D eigenvalue weighted by molar-refractivity contribution is -0.153. The van der Waals surface area contributed by atoms with Gasteiger partial charge in [0.1, 0.15) is 5.01 Å². The molecule has 0 spiro atoms. The molecule has 82 valence electrons. The number of aromatic nitrogens is 1. The smallest absolute Gasteiger partial charge is 0.396 e. The number of nitrogens with zero attached hydrogens (tertiary/aromatic N) is 1. The minimum Gasteiger partial charge on any atom is -0.462 e. The van der Waals surface area contributed by atoms with Gasteiger partial charge in [-0.3, -0.25) is 4.79 Å². The SMILES string of the molecule is COC(=O)C(=O)NC(C)c1ncc(C)s1. The van der Waals surface area contributed by atoms with Gasteiger partial charge in [-0.15, -0.1) is 11.3 Å². The van der Waals surface area contributed by atoms with Crippen molar-refractivity contribution in [3.63, 3.8) is 0 Å². The van der Waals surface area contributed by atoms with E-state index in [1.165, 1.54) is 18.4 Å². The third-order valence-corrected chi connectivity index (χ3v) is 2.82. The molecule has 1 N–H and O–H groups in total. The first-order valence-corrected chi connectivity index (χ1v) is 5.17. The topological polar surface area (TPSA) is 68.3 Å². The van der Waals surface area contributed by atoms with Crippen LogP contribution in [-0.4, -0.2) is 24.0 Å². The Morgan fingerprint density at radius 3 is 2.73 bits per heavy atom. The summed E-state index contributed by atoms with van der Waals surface area (Å²) < 4.78 is 4.29. The van der Waals surface area contributed by atoms with Crippen LogP contribution in [-0.2, 0) is 14.3 Å². The standard InChI is InChI=1S/C9H12N2O3S/c1-5-4-10-8(15-5)6(2)11-7(12)9(13)14-3/h4,6H,1-3H3,(H,11,12). The van der Waals surface area contributed by atoms with Gasteiger partial charge in [-0.25, -0.2) is 9.78 Å². The monoisotopic (exact) mass is 228 g/mol. The lowest BCUT2D eigenvalue weighted by Gasteiger charge is -2.09. The van der Waals surface area contributed by atoms with Crippen LogP contribution in [0.4, 0.5) is 0 Å². The minimum absolute atomic E-state index is 0.282. The molecule has 6 heteroatoms. The molecule has 1 amide bonds. The van der Waals surface area contributed by atoms with Crippen molar-refractivity contribution >= 4 is 23.2 Å². The summed E-state index contributed by atoms with van der Waals surface area (Å²) in [5.41, 5.74) is 0. The highest BCUT2D eigenvalue weighted by molar-refractivity contribution is 7.11. The van der Waals surface area contributed by atoms with Gasteiger partial charge in [0.25, 0.3) is 0 Å². The van der Waals surface area contributed by atoms with Crippen molar-refractivity contribution in [1.29, 1.82) is 0 Å². The highest BCUT2D eigenvalue weighted by atomic mass is 32.1. The fraction of sp³-hybridized carbons (Fsp3) is 0.444. The molecule has 1 unspecified atom stereocenters. The summed E-state index contributed by atoms with van der Waals surface area (Å²) in [5, 5.41) is 3.26. The Labute approximate surface area is 91.5 Å². The van der Waals surface area contributed by atoms with Gasteiger partial charge in [0, 0.05) is 11.1 Å². The van der Waals surface area contributed by atoms with E-state index >= 15 is 0 Å². The summed E-state index contributed by atoms with van der Waals surface area (Å²) in [6, 6.07) is -0.282. The Bertz CT molecular complexity index is 375. The first kappa shape index (κ1) is 11.6. The van der Waals surface area contributed by atoms with Crippen molar-refractivity contribution in [3.8, 4) is 0 Å². The fourth-order valence-corrected chi connectivity index (χ4v) is 1.76. The molecule has 0 bridgehead atoms. The normalized spacial score (nSPS) is 11.9. The third-order valence-electron chi connectivity index (χ3n) is 1.73. The molecule has 1 heterocycles. The number of carbonyl (C=O) groups excluding carboxylic acids is 2. The molecule has 5 nitrogen and oxygen atoms in total. The van der Waals surface area contributed by atoms with Crippen molar-refractivity contribution in [3.05, 3.63) is 16.1 Å². The van der Waals surface area contributed by atoms with Gasteiger partial charge in [0.2, 0.25) is 0 Å². The summed E-state index contributed by atoms with van der Waals surface area (Å²) in [6.07, 6.45) is 1.72. The summed E-state index contributed by atoms with van der Waals surface area (Å²) >= 11 is 1.48. The van der Waals surface area contributed by atoms with E-state index in [-0.39, 0.29) is 6.04 Å². The average Bonchev–Trinajstić information content (AvgIpc) is 2.63. The van der Waals surface area contributed by atoms with Crippen LogP contribution in [0.1, 0.15) is 22.9 Å². The van der Waals surface area contributed by atoms with Crippen LogP contribution >= 0.6 is 11.3 Å². The maximum atomic E-state index is 11.2. The number of thiazole rings is 1. The van der Waals surface area contributed by atoms with Gasteiger partial charge in [-0.2, -0.15) is 0 Å². The van der Waals surface area contributed by atoms with E-state index in [1.54, 1.807) is 13.1 Å². The molecular formula is C9H12N2O3S. The lowest BCUT2D eigenvalue weighted by Crippen LogP contribution is -2.33. The molecule has 1 aromatic rings. The number of rotatable bonds is 2. The second kappa shape index (κ2) is 4.88. The van der Waals surface area contributed by atoms with E-state index in [2.05, 4.69) is 15.0 Å². The maximum absolute atomic E-state index is 11.2. The predicted octanol–water partition coefficient (Wildman–Crippen LogP) is 0.802. The van der Waals surface area contributed by atoms with Crippen molar-refractivity contribution in [2.75, 3.05) is 7.11 Å². The van der Waals surface area contributed by atoms with E-state index in [0.717, 1.165) is 9.88 Å². The Hall–Kier alpha value is -1.43. The summed E-state index contributed by atoms with van der Waals surface area (Å²) in [7, 11) is 1.17. The quantitative estimate of drug-likeness (QED) is 0.600. The van der Waals surface area contributed by atoms with Crippen LogP contribution < -0.4 is 5.32 Å². The maximum Gasteiger partial charge on any atom is 0.396 e. The second-order valence-corrected chi connectivity index (χ2v) is 4.26. The zero-order valence-electron chi connectivity index (χ0n) is 8.73. The molecule has 0 fully saturated rings. The summed E-state index contributed by atoms with van der Waals surface area (Å²) in [6.45, 7) is 3.69. The van der Waals surface area contributed by atoms with Gasteiger partial charge < -0.3 is 10.1 Å². The molecule has 1 aromatic heterocycles. The Kier molecular flexibility index (Phi) is 3.79. The van der Waals surface area contributed by atoms with E-state index in [4.69, 9.17) is 0 Å². The van der Waals surface area contributed by atoms with Crippen molar-refractivity contribution in [1.82, 2.24) is 10.3 Å². The first-order chi connectivity index (χ1) is 7.04. The molecule has 1 atom stereocenters. The highest BCUT2D eigenvalue weighted by Crippen LogP contribution is 2.18. The number of carbonyl (C=O) groups is 2. The molecule has 15 heavy (non-hydrogen) atoms. The number of hydrogen-bond acceptors (Lipinski definition) is 5. The molecule has 0 radical (unpaired) electrons. The van der Waals surface area contributed by atoms with E-state index in [1.807, 2.05) is 6.92 Å². The van der Waals surface area contributed by atoms with Crippen LogP contribution in [0.25, 0.3) is 0 Å². The number of ether oxygens (including phenoxy) is 1. The third kappa shape index (κ3) is 3.02. The number of nitrogens with one attached hydrogen (secondary N) is 1. The van der Waals surface area contributed by atoms with Crippen LogP contribution in [0, 0.1) is 6.92 Å². The van der Waals surface area contributed by atoms with Gasteiger partial charge in [-0.05, 0) is 13.8 Å².